The molecule has 0 radical (unpaired) electrons. The Kier molecular flexibility index (Phi) is 5.25. The molecule has 7 heteroatoms. The number of nitriles is 1. The molecule has 0 saturated heterocycles. The predicted octanol–water partition coefficient (Wildman–Crippen LogP) is 5.37. The van der Waals surface area contributed by atoms with Crippen LogP contribution in [0, 0.1) is 18.3 Å². The molecule has 0 aliphatic rings. The molecule has 0 amide bonds. The Morgan fingerprint density at radius 2 is 2.00 bits per heavy atom. The Morgan fingerprint density at radius 3 is 2.67 bits per heavy atom. The highest BCUT2D eigenvalue weighted by molar-refractivity contribution is 7.16. The van der Waals surface area contributed by atoms with Crippen molar-refractivity contribution in [2.24, 2.45) is 0 Å². The Hall–Kier alpha value is -3.63. The Labute approximate surface area is 177 Å². The topological polar surface area (TPSA) is 83.8 Å². The highest BCUT2D eigenvalue weighted by Crippen LogP contribution is 2.35. The SMILES string of the molecule is CCCn1cc(-n2c(C)c(C=C(C#N)c3ccc(C(=O)O)cc3)c3ccsc32)cn1. The number of aromatic nitrogens is 3. The van der Waals surface area contributed by atoms with Crippen molar-refractivity contribution in [1.82, 2.24) is 14.3 Å². The number of allylic oxidation sites excluding steroid dienone is 1. The van der Waals surface area contributed by atoms with Crippen LogP contribution in [0.3, 0.4) is 0 Å². The minimum atomic E-state index is -0.986. The van der Waals surface area contributed by atoms with Gasteiger partial charge in [-0.3, -0.25) is 4.68 Å². The van der Waals surface area contributed by atoms with Gasteiger partial charge in [-0.2, -0.15) is 10.4 Å². The molecule has 0 aliphatic heterocycles. The summed E-state index contributed by atoms with van der Waals surface area (Å²) in [6.45, 7) is 5.03. The molecule has 0 unspecified atom stereocenters. The number of carboxylic acids is 1. The number of carbonyl (C=O) groups is 1. The molecular weight excluding hydrogens is 396 g/mol. The maximum Gasteiger partial charge on any atom is 0.335 e. The highest BCUT2D eigenvalue weighted by atomic mass is 32.1. The lowest BCUT2D eigenvalue weighted by molar-refractivity contribution is 0.0697. The van der Waals surface area contributed by atoms with Gasteiger partial charge in [0.15, 0.2) is 0 Å². The van der Waals surface area contributed by atoms with Crippen LogP contribution < -0.4 is 0 Å². The van der Waals surface area contributed by atoms with Crippen molar-refractivity contribution < 1.29 is 9.90 Å². The summed E-state index contributed by atoms with van der Waals surface area (Å²) in [6.07, 6.45) is 6.80. The number of fused-ring (bicyclic) bond motifs is 1. The lowest BCUT2D eigenvalue weighted by Crippen LogP contribution is -1.97. The molecule has 4 aromatic rings. The molecule has 0 saturated carbocycles. The van der Waals surface area contributed by atoms with Crippen molar-refractivity contribution in [2.45, 2.75) is 26.8 Å². The van der Waals surface area contributed by atoms with E-state index >= 15 is 0 Å². The summed E-state index contributed by atoms with van der Waals surface area (Å²) < 4.78 is 4.11. The van der Waals surface area contributed by atoms with E-state index in [2.05, 4.69) is 28.7 Å². The highest BCUT2D eigenvalue weighted by Gasteiger charge is 2.17. The first-order valence-electron chi connectivity index (χ1n) is 9.60. The van der Waals surface area contributed by atoms with Gasteiger partial charge in [-0.05, 0) is 48.6 Å². The fourth-order valence-corrected chi connectivity index (χ4v) is 4.56. The van der Waals surface area contributed by atoms with E-state index in [4.69, 9.17) is 5.11 Å². The number of benzene rings is 1. The van der Waals surface area contributed by atoms with E-state index in [0.717, 1.165) is 40.1 Å². The van der Waals surface area contributed by atoms with Gasteiger partial charge in [0.05, 0.1) is 29.1 Å². The number of hydrogen-bond acceptors (Lipinski definition) is 4. The van der Waals surface area contributed by atoms with Gasteiger partial charge in [-0.1, -0.05) is 19.1 Å². The van der Waals surface area contributed by atoms with Crippen LogP contribution in [0.5, 0.6) is 0 Å². The predicted molar refractivity (Wildman–Crippen MR) is 119 cm³/mol. The van der Waals surface area contributed by atoms with Gasteiger partial charge in [-0.15, -0.1) is 11.3 Å². The van der Waals surface area contributed by atoms with Crippen molar-refractivity contribution in [3.05, 3.63) is 70.5 Å². The molecule has 0 fully saturated rings. The summed E-state index contributed by atoms with van der Waals surface area (Å²) in [5, 5.41) is 26.4. The summed E-state index contributed by atoms with van der Waals surface area (Å²) >= 11 is 1.65. The molecule has 3 heterocycles. The molecular formula is C23H20N4O2S. The first-order chi connectivity index (χ1) is 14.5. The Morgan fingerprint density at radius 1 is 1.27 bits per heavy atom. The number of aryl methyl sites for hydroxylation is 1. The summed E-state index contributed by atoms with van der Waals surface area (Å²) in [6, 6.07) is 10.7. The van der Waals surface area contributed by atoms with Crippen molar-refractivity contribution in [3.8, 4) is 11.8 Å². The minimum Gasteiger partial charge on any atom is -0.478 e. The van der Waals surface area contributed by atoms with E-state index in [1.807, 2.05) is 35.5 Å². The summed E-state index contributed by atoms with van der Waals surface area (Å²) in [5.74, 6) is -0.986. The second kappa shape index (κ2) is 8.01. The monoisotopic (exact) mass is 416 g/mol. The Bertz CT molecular complexity index is 1300. The number of rotatable bonds is 6. The van der Waals surface area contributed by atoms with Crippen molar-refractivity contribution >= 4 is 39.2 Å². The molecule has 6 nitrogen and oxygen atoms in total. The molecule has 0 aliphatic carbocycles. The van der Waals surface area contributed by atoms with Gasteiger partial charge in [0.2, 0.25) is 0 Å². The normalized spacial score (nSPS) is 11.7. The molecule has 0 bridgehead atoms. The second-order valence-electron chi connectivity index (χ2n) is 6.99. The van der Waals surface area contributed by atoms with Crippen molar-refractivity contribution in [3.63, 3.8) is 0 Å². The van der Waals surface area contributed by atoms with Gasteiger partial charge in [0.25, 0.3) is 0 Å². The number of carboxylic acid groups (broad SMARTS) is 1. The summed E-state index contributed by atoms with van der Waals surface area (Å²) in [7, 11) is 0. The third-order valence-electron chi connectivity index (χ3n) is 5.05. The van der Waals surface area contributed by atoms with Crippen LogP contribution in [0.4, 0.5) is 0 Å². The average Bonchev–Trinajstić information content (AvgIpc) is 3.44. The average molecular weight is 417 g/mol. The van der Waals surface area contributed by atoms with E-state index in [9.17, 15) is 10.1 Å². The number of aromatic carboxylic acids is 1. The van der Waals surface area contributed by atoms with Gasteiger partial charge < -0.3 is 9.67 Å². The van der Waals surface area contributed by atoms with Crippen LogP contribution in [-0.2, 0) is 6.54 Å². The van der Waals surface area contributed by atoms with Gasteiger partial charge in [-0.25, -0.2) is 4.79 Å². The molecule has 0 spiro atoms. The van der Waals surface area contributed by atoms with Crippen molar-refractivity contribution in [2.75, 3.05) is 0 Å². The number of nitrogens with zero attached hydrogens (tertiary/aromatic N) is 4. The zero-order valence-electron chi connectivity index (χ0n) is 16.7. The smallest absolute Gasteiger partial charge is 0.335 e. The van der Waals surface area contributed by atoms with Crippen LogP contribution in [0.2, 0.25) is 0 Å². The fourth-order valence-electron chi connectivity index (χ4n) is 3.58. The molecule has 1 N–H and O–H groups in total. The number of hydrogen-bond donors (Lipinski definition) is 1. The maximum absolute atomic E-state index is 11.1. The van der Waals surface area contributed by atoms with E-state index in [1.54, 1.807) is 23.5 Å². The standard InChI is InChI=1S/C23H20N4O2S/c1-3-9-26-14-19(13-25-26)27-15(2)21(20-8-10-30-22(20)27)11-18(12-24)16-4-6-17(7-5-16)23(28)29/h4-8,10-11,13-14H,3,9H2,1-2H3,(H,28,29). The Balaban J connectivity index is 1.82. The molecule has 150 valence electrons. The molecule has 0 atom stereocenters. The maximum atomic E-state index is 11.1. The van der Waals surface area contributed by atoms with E-state index in [-0.39, 0.29) is 5.56 Å². The van der Waals surface area contributed by atoms with Gasteiger partial charge >= 0.3 is 5.97 Å². The quantitative estimate of drug-likeness (QED) is 0.428. The van der Waals surface area contributed by atoms with Crippen LogP contribution >= 0.6 is 11.3 Å². The van der Waals surface area contributed by atoms with Crippen LogP contribution in [0.1, 0.15) is 40.5 Å². The lowest BCUT2D eigenvalue weighted by atomic mass is 10.0. The largest absolute Gasteiger partial charge is 0.478 e. The summed E-state index contributed by atoms with van der Waals surface area (Å²) in [4.78, 5) is 12.2. The first-order valence-corrected chi connectivity index (χ1v) is 10.5. The zero-order valence-corrected chi connectivity index (χ0v) is 17.5. The molecule has 3 aromatic heterocycles. The third-order valence-corrected chi connectivity index (χ3v) is 5.94. The zero-order chi connectivity index (χ0) is 21.3. The van der Waals surface area contributed by atoms with E-state index < -0.39 is 5.97 Å². The van der Waals surface area contributed by atoms with E-state index in [1.165, 1.54) is 12.1 Å². The van der Waals surface area contributed by atoms with Gasteiger partial charge in [0, 0.05) is 29.4 Å². The van der Waals surface area contributed by atoms with Crippen LogP contribution in [0.25, 0.3) is 27.6 Å². The molecule has 1 aromatic carbocycles. The van der Waals surface area contributed by atoms with Crippen LogP contribution in [0.15, 0.2) is 48.1 Å². The summed E-state index contributed by atoms with van der Waals surface area (Å²) in [5.41, 5.74) is 4.38. The number of thiophene rings is 1. The minimum absolute atomic E-state index is 0.197. The lowest BCUT2D eigenvalue weighted by Gasteiger charge is -2.05. The van der Waals surface area contributed by atoms with Gasteiger partial charge in [0.1, 0.15) is 4.83 Å². The first kappa shape index (κ1) is 19.7. The van der Waals surface area contributed by atoms with E-state index in [0.29, 0.717) is 11.1 Å². The fraction of sp³-hybridized carbons (Fsp3) is 0.174. The molecule has 4 rings (SSSR count). The van der Waals surface area contributed by atoms with Crippen molar-refractivity contribution in [1.29, 1.82) is 5.26 Å². The second-order valence-corrected chi connectivity index (χ2v) is 7.88. The van der Waals surface area contributed by atoms with Crippen LogP contribution in [-0.4, -0.2) is 25.4 Å². The molecule has 30 heavy (non-hydrogen) atoms. The third kappa shape index (κ3) is 3.42.